The first-order valence-corrected chi connectivity index (χ1v) is 10.5. The Hall–Kier alpha value is -4.11. The maximum Gasteiger partial charge on any atom is 0.332 e. The van der Waals surface area contributed by atoms with Crippen LogP contribution in [0.4, 0.5) is 0 Å². The van der Waals surface area contributed by atoms with Gasteiger partial charge in [-0.1, -0.05) is 17.3 Å². The molecule has 0 fully saturated rings. The second-order valence-electron chi connectivity index (χ2n) is 7.08. The SMILES string of the molecule is C#CCn1c(=NC(=O)Cn2cnc3c2c(=O)n(C)c(=O)n3C)sc2c(OC)ccc(OC)c21. The van der Waals surface area contributed by atoms with Crippen LogP contribution in [0.1, 0.15) is 0 Å². The quantitative estimate of drug-likeness (QED) is 0.387. The Labute approximate surface area is 190 Å². The predicted molar refractivity (Wildman–Crippen MR) is 123 cm³/mol. The number of rotatable bonds is 5. The van der Waals surface area contributed by atoms with Crippen molar-refractivity contribution in [3.05, 3.63) is 44.1 Å². The minimum Gasteiger partial charge on any atom is -0.495 e. The highest BCUT2D eigenvalue weighted by Crippen LogP contribution is 2.35. The van der Waals surface area contributed by atoms with Crippen LogP contribution < -0.4 is 25.5 Å². The lowest BCUT2D eigenvalue weighted by atomic mass is 10.3. The van der Waals surface area contributed by atoms with E-state index >= 15 is 0 Å². The highest BCUT2D eigenvalue weighted by atomic mass is 32.1. The van der Waals surface area contributed by atoms with Crippen molar-refractivity contribution in [1.29, 1.82) is 0 Å². The summed E-state index contributed by atoms with van der Waals surface area (Å²) in [6.45, 7) is -0.0885. The van der Waals surface area contributed by atoms with Crippen molar-refractivity contribution >= 4 is 38.6 Å². The standard InChI is InChI=1S/C21H20N6O5S/c1-6-9-27-15-12(31-4)7-8-13(32-5)17(15)33-20(27)23-14(28)10-26-11-22-18-16(26)19(29)25(3)21(30)24(18)2/h1,7-8,11H,9-10H2,2-5H3. The van der Waals surface area contributed by atoms with Gasteiger partial charge in [0.1, 0.15) is 28.3 Å². The van der Waals surface area contributed by atoms with Crippen molar-refractivity contribution in [3.63, 3.8) is 0 Å². The van der Waals surface area contributed by atoms with E-state index in [0.717, 1.165) is 9.27 Å². The molecule has 12 heteroatoms. The minimum absolute atomic E-state index is 0.138. The Morgan fingerprint density at radius 3 is 2.52 bits per heavy atom. The molecule has 3 heterocycles. The molecule has 0 saturated carbocycles. The molecule has 0 bridgehead atoms. The van der Waals surface area contributed by atoms with Crippen molar-refractivity contribution in [2.45, 2.75) is 13.1 Å². The van der Waals surface area contributed by atoms with Gasteiger partial charge in [0, 0.05) is 14.1 Å². The maximum atomic E-state index is 12.9. The number of amides is 1. The number of thiazole rings is 1. The highest BCUT2D eigenvalue weighted by Gasteiger charge is 2.18. The number of nitrogens with zero attached hydrogens (tertiary/aromatic N) is 6. The molecular formula is C21H20N6O5S. The second-order valence-corrected chi connectivity index (χ2v) is 8.06. The Morgan fingerprint density at radius 1 is 1.15 bits per heavy atom. The number of imidazole rings is 1. The smallest absolute Gasteiger partial charge is 0.332 e. The number of terminal acetylenes is 1. The number of ether oxygens (including phenoxy) is 2. The average Bonchev–Trinajstić information content (AvgIpc) is 3.38. The third-order valence-electron chi connectivity index (χ3n) is 5.18. The summed E-state index contributed by atoms with van der Waals surface area (Å²) in [7, 11) is 5.97. The summed E-state index contributed by atoms with van der Waals surface area (Å²) in [6, 6.07) is 3.52. The van der Waals surface area contributed by atoms with E-state index < -0.39 is 17.2 Å². The monoisotopic (exact) mass is 468 g/mol. The summed E-state index contributed by atoms with van der Waals surface area (Å²) in [4.78, 5) is 46.4. The van der Waals surface area contributed by atoms with Crippen LogP contribution in [0, 0.1) is 12.3 Å². The van der Waals surface area contributed by atoms with Gasteiger partial charge in [-0.3, -0.25) is 18.7 Å². The lowest BCUT2D eigenvalue weighted by Gasteiger charge is -2.08. The average molecular weight is 468 g/mol. The lowest BCUT2D eigenvalue weighted by Crippen LogP contribution is -2.37. The van der Waals surface area contributed by atoms with E-state index in [1.807, 2.05) is 0 Å². The summed E-state index contributed by atoms with van der Waals surface area (Å²) >= 11 is 1.24. The van der Waals surface area contributed by atoms with Crippen molar-refractivity contribution < 1.29 is 14.3 Å². The molecule has 1 amide bonds. The maximum absolute atomic E-state index is 12.9. The van der Waals surface area contributed by atoms with Gasteiger partial charge >= 0.3 is 5.69 Å². The van der Waals surface area contributed by atoms with Gasteiger partial charge in [-0.05, 0) is 12.1 Å². The summed E-state index contributed by atoms with van der Waals surface area (Å²) in [5.41, 5.74) is -0.0494. The van der Waals surface area contributed by atoms with Gasteiger partial charge in [0.25, 0.3) is 11.5 Å². The zero-order valence-electron chi connectivity index (χ0n) is 18.4. The Kier molecular flexibility index (Phi) is 5.65. The van der Waals surface area contributed by atoms with Crippen molar-refractivity contribution in [3.8, 4) is 23.8 Å². The Morgan fingerprint density at radius 2 is 1.85 bits per heavy atom. The Bertz CT molecular complexity index is 1640. The number of aromatic nitrogens is 5. The molecular weight excluding hydrogens is 448 g/mol. The molecule has 0 aliphatic heterocycles. The van der Waals surface area contributed by atoms with E-state index in [-0.39, 0.29) is 24.3 Å². The van der Waals surface area contributed by atoms with Crippen LogP contribution in [-0.2, 0) is 32.0 Å². The van der Waals surface area contributed by atoms with Gasteiger partial charge in [-0.25, -0.2) is 9.78 Å². The first-order chi connectivity index (χ1) is 15.8. The van der Waals surface area contributed by atoms with Gasteiger partial charge < -0.3 is 18.6 Å². The van der Waals surface area contributed by atoms with Gasteiger partial charge in [-0.15, -0.1) is 6.42 Å². The van der Waals surface area contributed by atoms with E-state index in [1.54, 1.807) is 30.9 Å². The molecule has 11 nitrogen and oxygen atoms in total. The molecule has 0 aliphatic rings. The summed E-state index contributed by atoms with van der Waals surface area (Å²) in [6.07, 6.45) is 6.90. The van der Waals surface area contributed by atoms with E-state index in [1.165, 1.54) is 40.9 Å². The molecule has 0 aliphatic carbocycles. The molecule has 0 atom stereocenters. The number of fused-ring (bicyclic) bond motifs is 2. The zero-order chi connectivity index (χ0) is 23.9. The zero-order valence-corrected chi connectivity index (χ0v) is 19.2. The second kappa shape index (κ2) is 8.44. The van der Waals surface area contributed by atoms with Gasteiger partial charge in [0.15, 0.2) is 16.0 Å². The Balaban J connectivity index is 1.86. The molecule has 170 valence electrons. The van der Waals surface area contributed by atoms with Crippen LogP contribution in [0.2, 0.25) is 0 Å². The number of carbonyl (C=O) groups is 1. The van der Waals surface area contributed by atoms with Crippen LogP contribution in [0.25, 0.3) is 21.4 Å². The van der Waals surface area contributed by atoms with E-state index in [9.17, 15) is 14.4 Å². The molecule has 0 saturated heterocycles. The molecule has 33 heavy (non-hydrogen) atoms. The molecule has 4 rings (SSSR count). The number of benzene rings is 1. The lowest BCUT2D eigenvalue weighted by molar-refractivity contribution is -0.118. The van der Waals surface area contributed by atoms with E-state index in [2.05, 4.69) is 15.9 Å². The first-order valence-electron chi connectivity index (χ1n) is 9.68. The third-order valence-corrected chi connectivity index (χ3v) is 6.28. The van der Waals surface area contributed by atoms with Crippen LogP contribution in [0.15, 0.2) is 33.0 Å². The third kappa shape index (κ3) is 3.52. The van der Waals surface area contributed by atoms with E-state index in [4.69, 9.17) is 15.9 Å². The summed E-state index contributed by atoms with van der Waals surface area (Å²) in [5, 5.41) is 0. The van der Waals surface area contributed by atoms with Crippen LogP contribution in [0.3, 0.4) is 0 Å². The normalized spacial score (nSPS) is 11.8. The largest absolute Gasteiger partial charge is 0.495 e. The van der Waals surface area contributed by atoms with Crippen molar-refractivity contribution in [2.75, 3.05) is 14.2 Å². The van der Waals surface area contributed by atoms with Crippen molar-refractivity contribution in [2.24, 2.45) is 19.1 Å². The highest BCUT2D eigenvalue weighted by molar-refractivity contribution is 7.16. The van der Waals surface area contributed by atoms with Crippen LogP contribution >= 0.6 is 11.3 Å². The summed E-state index contributed by atoms with van der Waals surface area (Å²) < 4.78 is 16.9. The molecule has 0 N–H and O–H groups in total. The van der Waals surface area contributed by atoms with Crippen LogP contribution in [0.5, 0.6) is 11.5 Å². The minimum atomic E-state index is -0.544. The fraction of sp³-hybridized carbons (Fsp3) is 0.286. The van der Waals surface area contributed by atoms with Gasteiger partial charge in [-0.2, -0.15) is 4.99 Å². The number of hydrogen-bond donors (Lipinski definition) is 0. The molecule has 0 unspecified atom stereocenters. The number of aryl methyl sites for hydroxylation is 1. The molecule has 3 aromatic heterocycles. The molecule has 1 aromatic carbocycles. The van der Waals surface area contributed by atoms with Crippen LogP contribution in [-0.4, -0.2) is 43.4 Å². The number of carbonyl (C=O) groups excluding carboxylic acids is 1. The molecule has 0 radical (unpaired) electrons. The molecule has 0 spiro atoms. The number of hydrogen-bond acceptors (Lipinski definition) is 7. The van der Waals surface area contributed by atoms with Gasteiger partial charge in [0.05, 0.1) is 27.1 Å². The topological polar surface area (TPSA) is 115 Å². The first kappa shape index (κ1) is 22.1. The molecule has 4 aromatic rings. The van der Waals surface area contributed by atoms with Gasteiger partial charge in [0.2, 0.25) is 0 Å². The summed E-state index contributed by atoms with van der Waals surface area (Å²) in [5.74, 6) is 3.21. The fourth-order valence-corrected chi connectivity index (χ4v) is 4.74. The van der Waals surface area contributed by atoms with Crippen molar-refractivity contribution in [1.82, 2.24) is 23.3 Å². The fourth-order valence-electron chi connectivity index (χ4n) is 3.58. The number of methoxy groups -OCH3 is 2. The van der Waals surface area contributed by atoms with E-state index in [0.29, 0.717) is 21.8 Å². The predicted octanol–water partition coefficient (Wildman–Crippen LogP) is 0.228.